The lowest BCUT2D eigenvalue weighted by atomic mass is 10.0. The molecule has 0 bridgehead atoms. The minimum absolute atomic E-state index is 0.308. The van der Waals surface area contributed by atoms with Crippen LogP contribution >= 0.6 is 0 Å². The van der Waals surface area contributed by atoms with Crippen LogP contribution in [0.15, 0.2) is 48.5 Å². The molecule has 0 saturated carbocycles. The van der Waals surface area contributed by atoms with Gasteiger partial charge in [-0.15, -0.1) is 0 Å². The summed E-state index contributed by atoms with van der Waals surface area (Å²) in [6.45, 7) is 4.77. The van der Waals surface area contributed by atoms with Crippen LogP contribution in [0.2, 0.25) is 0 Å². The van der Waals surface area contributed by atoms with Crippen LogP contribution in [0.3, 0.4) is 0 Å². The fourth-order valence-corrected chi connectivity index (χ4v) is 2.15. The molecule has 0 N–H and O–H groups in total. The van der Waals surface area contributed by atoms with Gasteiger partial charge in [-0.3, -0.25) is 0 Å². The van der Waals surface area contributed by atoms with E-state index in [9.17, 15) is 9.59 Å². The molecule has 0 spiro atoms. The summed E-state index contributed by atoms with van der Waals surface area (Å²) in [6, 6.07) is 14.5. The molecule has 0 aliphatic heterocycles. The van der Waals surface area contributed by atoms with Crippen LogP contribution in [0.5, 0.6) is 0 Å². The van der Waals surface area contributed by atoms with Gasteiger partial charge < -0.3 is 9.47 Å². The quantitative estimate of drug-likeness (QED) is 0.704. The Labute approximate surface area is 142 Å². The van der Waals surface area contributed by atoms with Crippen molar-refractivity contribution < 1.29 is 19.1 Å². The van der Waals surface area contributed by atoms with Crippen molar-refractivity contribution in [2.45, 2.75) is 26.7 Å². The van der Waals surface area contributed by atoms with Crippen LogP contribution in [0.4, 0.5) is 0 Å². The average Bonchev–Trinajstić information content (AvgIpc) is 2.64. The normalized spacial score (nSPS) is 10.2. The molecule has 2 aromatic rings. The molecule has 0 radical (unpaired) electrons. The standard InChI is InChI=1S/C20H22O4/c1-3-13-23-19(21)17-9-5-15(6-10-17)16-7-11-18(12-8-16)20(22)24-14-4-2/h5-12H,3-4,13-14H2,1-2H3. The average molecular weight is 326 g/mol. The van der Waals surface area contributed by atoms with E-state index in [2.05, 4.69) is 0 Å². The molecule has 0 aromatic heterocycles. The summed E-state index contributed by atoms with van der Waals surface area (Å²) in [7, 11) is 0. The molecule has 4 heteroatoms. The van der Waals surface area contributed by atoms with Gasteiger partial charge in [0, 0.05) is 0 Å². The molecule has 0 unspecified atom stereocenters. The van der Waals surface area contributed by atoms with E-state index in [1.807, 2.05) is 38.1 Å². The van der Waals surface area contributed by atoms with Crippen LogP contribution < -0.4 is 0 Å². The van der Waals surface area contributed by atoms with Gasteiger partial charge in [0.15, 0.2) is 0 Å². The number of rotatable bonds is 7. The predicted molar refractivity (Wildman–Crippen MR) is 93.0 cm³/mol. The highest BCUT2D eigenvalue weighted by atomic mass is 16.5. The van der Waals surface area contributed by atoms with Crippen molar-refractivity contribution in [2.75, 3.05) is 13.2 Å². The summed E-state index contributed by atoms with van der Waals surface area (Å²) < 4.78 is 10.2. The first-order valence-corrected chi connectivity index (χ1v) is 8.20. The number of benzene rings is 2. The Morgan fingerprint density at radius 1 is 0.667 bits per heavy atom. The second-order valence-corrected chi connectivity index (χ2v) is 5.43. The molecule has 2 rings (SSSR count). The zero-order chi connectivity index (χ0) is 17.4. The molecular formula is C20H22O4. The summed E-state index contributed by atoms with van der Waals surface area (Å²) in [5.41, 5.74) is 3.00. The van der Waals surface area contributed by atoms with Gasteiger partial charge in [0.25, 0.3) is 0 Å². The maximum Gasteiger partial charge on any atom is 0.338 e. The molecule has 0 heterocycles. The van der Waals surface area contributed by atoms with Gasteiger partial charge in [-0.2, -0.15) is 0 Å². The first-order chi connectivity index (χ1) is 11.7. The Morgan fingerprint density at radius 2 is 1.00 bits per heavy atom. The van der Waals surface area contributed by atoms with E-state index in [1.54, 1.807) is 24.3 Å². The molecule has 0 atom stereocenters. The van der Waals surface area contributed by atoms with Crippen LogP contribution in [0.1, 0.15) is 47.4 Å². The maximum absolute atomic E-state index is 11.8. The minimum atomic E-state index is -0.308. The number of esters is 2. The number of ether oxygens (including phenoxy) is 2. The molecule has 4 nitrogen and oxygen atoms in total. The number of carbonyl (C=O) groups is 2. The molecule has 2 aromatic carbocycles. The monoisotopic (exact) mass is 326 g/mol. The Kier molecular flexibility index (Phi) is 6.55. The van der Waals surface area contributed by atoms with E-state index >= 15 is 0 Å². The molecule has 24 heavy (non-hydrogen) atoms. The SMILES string of the molecule is CCCOC(=O)c1ccc(-c2ccc(C(=O)OCCC)cc2)cc1. The molecule has 0 aliphatic carbocycles. The highest BCUT2D eigenvalue weighted by Crippen LogP contribution is 2.21. The summed E-state index contributed by atoms with van der Waals surface area (Å²) in [4.78, 5) is 23.6. The Balaban J connectivity index is 2.06. The molecule has 126 valence electrons. The maximum atomic E-state index is 11.8. The van der Waals surface area contributed by atoms with Gasteiger partial charge >= 0.3 is 11.9 Å². The van der Waals surface area contributed by atoms with Gasteiger partial charge in [-0.1, -0.05) is 38.1 Å². The van der Waals surface area contributed by atoms with E-state index < -0.39 is 0 Å². The Hall–Kier alpha value is -2.62. The van der Waals surface area contributed by atoms with Crippen molar-refractivity contribution in [2.24, 2.45) is 0 Å². The number of carbonyl (C=O) groups excluding carboxylic acids is 2. The lowest BCUT2D eigenvalue weighted by Crippen LogP contribution is -2.06. The largest absolute Gasteiger partial charge is 0.462 e. The van der Waals surface area contributed by atoms with Crippen LogP contribution in [-0.4, -0.2) is 25.2 Å². The summed E-state index contributed by atoms with van der Waals surface area (Å²) in [6.07, 6.45) is 1.60. The van der Waals surface area contributed by atoms with Gasteiger partial charge in [-0.05, 0) is 48.2 Å². The molecule has 0 fully saturated rings. The Morgan fingerprint density at radius 3 is 1.29 bits per heavy atom. The summed E-state index contributed by atoms with van der Waals surface area (Å²) in [5.74, 6) is -0.616. The van der Waals surface area contributed by atoms with Crippen LogP contribution in [-0.2, 0) is 9.47 Å². The van der Waals surface area contributed by atoms with Crippen molar-refractivity contribution in [3.63, 3.8) is 0 Å². The van der Waals surface area contributed by atoms with Gasteiger partial charge in [0.2, 0.25) is 0 Å². The van der Waals surface area contributed by atoms with Crippen molar-refractivity contribution in [3.05, 3.63) is 59.7 Å². The van der Waals surface area contributed by atoms with E-state index in [0.29, 0.717) is 24.3 Å². The van der Waals surface area contributed by atoms with E-state index in [1.165, 1.54) is 0 Å². The van der Waals surface area contributed by atoms with Gasteiger partial charge in [0.1, 0.15) is 0 Å². The predicted octanol–water partition coefficient (Wildman–Crippen LogP) is 4.49. The van der Waals surface area contributed by atoms with Crippen molar-refractivity contribution >= 4 is 11.9 Å². The third-order valence-corrected chi connectivity index (χ3v) is 3.45. The zero-order valence-corrected chi connectivity index (χ0v) is 14.1. The molecule has 0 amide bonds. The summed E-state index contributed by atoms with van der Waals surface area (Å²) in [5, 5.41) is 0. The third-order valence-electron chi connectivity index (χ3n) is 3.45. The molecular weight excluding hydrogens is 304 g/mol. The number of hydrogen-bond donors (Lipinski definition) is 0. The van der Waals surface area contributed by atoms with E-state index in [0.717, 1.165) is 24.0 Å². The smallest absolute Gasteiger partial charge is 0.338 e. The van der Waals surface area contributed by atoms with Crippen LogP contribution in [0, 0.1) is 0 Å². The summed E-state index contributed by atoms with van der Waals surface area (Å²) >= 11 is 0. The van der Waals surface area contributed by atoms with Crippen LogP contribution in [0.25, 0.3) is 11.1 Å². The van der Waals surface area contributed by atoms with Gasteiger partial charge in [0.05, 0.1) is 24.3 Å². The third kappa shape index (κ3) is 4.69. The lowest BCUT2D eigenvalue weighted by molar-refractivity contribution is 0.0496. The fraction of sp³-hybridized carbons (Fsp3) is 0.300. The topological polar surface area (TPSA) is 52.6 Å². The van der Waals surface area contributed by atoms with Crippen molar-refractivity contribution in [3.8, 4) is 11.1 Å². The molecule has 0 saturated heterocycles. The van der Waals surface area contributed by atoms with Gasteiger partial charge in [-0.25, -0.2) is 9.59 Å². The molecule has 0 aliphatic rings. The first kappa shape index (κ1) is 17.7. The van der Waals surface area contributed by atoms with E-state index in [-0.39, 0.29) is 11.9 Å². The first-order valence-electron chi connectivity index (χ1n) is 8.20. The van der Waals surface area contributed by atoms with E-state index in [4.69, 9.17) is 9.47 Å². The highest BCUT2D eigenvalue weighted by Gasteiger charge is 2.09. The van der Waals surface area contributed by atoms with Crippen molar-refractivity contribution in [1.82, 2.24) is 0 Å². The Bertz CT molecular complexity index is 610. The highest BCUT2D eigenvalue weighted by molar-refractivity contribution is 5.91. The van der Waals surface area contributed by atoms with Crippen molar-refractivity contribution in [1.29, 1.82) is 0 Å². The second kappa shape index (κ2) is 8.87. The zero-order valence-electron chi connectivity index (χ0n) is 14.1. The lowest BCUT2D eigenvalue weighted by Gasteiger charge is -2.07. The minimum Gasteiger partial charge on any atom is -0.462 e. The fourth-order valence-electron chi connectivity index (χ4n) is 2.15. The second-order valence-electron chi connectivity index (χ2n) is 5.43. The number of hydrogen-bond acceptors (Lipinski definition) is 4.